The molecule has 0 aromatic heterocycles. The Labute approximate surface area is 91.6 Å². The predicted molar refractivity (Wildman–Crippen MR) is 50.0 cm³/mol. The van der Waals surface area contributed by atoms with Gasteiger partial charge in [-0.05, 0) is 19.3 Å². The number of aliphatic carboxylic acids is 1. The molecule has 1 aliphatic rings. The van der Waals surface area contributed by atoms with Crippen LogP contribution in [0.1, 0.15) is 32.1 Å². The summed E-state index contributed by atoms with van der Waals surface area (Å²) in [7, 11) is 0. The van der Waals surface area contributed by atoms with Gasteiger partial charge in [0.1, 0.15) is 0 Å². The van der Waals surface area contributed by atoms with Crippen LogP contribution in [0.5, 0.6) is 0 Å². The molecule has 0 saturated heterocycles. The third-order valence-corrected chi connectivity index (χ3v) is 2.64. The Morgan fingerprint density at radius 2 is 2.00 bits per heavy atom. The highest BCUT2D eigenvalue weighted by Crippen LogP contribution is 2.48. The minimum absolute atomic E-state index is 0.0425. The van der Waals surface area contributed by atoms with Crippen LogP contribution in [0.4, 0.5) is 13.2 Å². The average Bonchev–Trinajstić information content (AvgIpc) is 2.81. The van der Waals surface area contributed by atoms with Crippen LogP contribution in [-0.4, -0.2) is 30.5 Å². The van der Waals surface area contributed by atoms with Gasteiger partial charge in [0.15, 0.2) is 0 Å². The fourth-order valence-corrected chi connectivity index (χ4v) is 1.53. The molecule has 0 amide bonds. The average molecular weight is 240 g/mol. The lowest BCUT2D eigenvalue weighted by Crippen LogP contribution is -2.16. The van der Waals surface area contributed by atoms with Gasteiger partial charge in [-0.25, -0.2) is 0 Å². The second-order valence-corrected chi connectivity index (χ2v) is 4.34. The molecule has 6 heteroatoms. The van der Waals surface area contributed by atoms with Gasteiger partial charge in [0.05, 0.1) is 13.0 Å². The topological polar surface area (TPSA) is 46.5 Å². The van der Waals surface area contributed by atoms with Gasteiger partial charge in [-0.1, -0.05) is 0 Å². The first kappa shape index (κ1) is 13.3. The molecule has 3 nitrogen and oxygen atoms in total. The molecule has 0 spiro atoms. The third kappa shape index (κ3) is 5.34. The van der Waals surface area contributed by atoms with Crippen LogP contribution in [0.15, 0.2) is 0 Å². The highest BCUT2D eigenvalue weighted by atomic mass is 19.4. The second kappa shape index (κ2) is 5.03. The van der Waals surface area contributed by atoms with Gasteiger partial charge in [-0.2, -0.15) is 13.2 Å². The van der Waals surface area contributed by atoms with Crippen molar-refractivity contribution in [2.24, 2.45) is 5.41 Å². The zero-order valence-corrected chi connectivity index (χ0v) is 8.85. The number of carboxylic acid groups (broad SMARTS) is 1. The zero-order valence-electron chi connectivity index (χ0n) is 8.85. The molecular formula is C10H15F3O3. The van der Waals surface area contributed by atoms with Crippen molar-refractivity contribution in [1.82, 2.24) is 0 Å². The number of carboxylic acids is 1. The van der Waals surface area contributed by atoms with Crippen LogP contribution >= 0.6 is 0 Å². The van der Waals surface area contributed by atoms with Gasteiger partial charge >= 0.3 is 12.1 Å². The van der Waals surface area contributed by atoms with E-state index in [1.807, 2.05) is 0 Å². The molecule has 1 saturated carbocycles. The summed E-state index contributed by atoms with van der Waals surface area (Å²) in [6, 6.07) is 0. The SMILES string of the molecule is O=C(O)CC1(COCCCC(F)(F)F)CC1. The standard InChI is InChI=1S/C10H15F3O3/c11-10(12,13)2-1-5-16-7-9(3-4-9)6-8(14)15/h1-7H2,(H,14,15). The van der Waals surface area contributed by atoms with Crippen molar-refractivity contribution in [1.29, 1.82) is 0 Å². The van der Waals surface area contributed by atoms with Crippen LogP contribution < -0.4 is 0 Å². The first-order valence-corrected chi connectivity index (χ1v) is 5.19. The molecule has 16 heavy (non-hydrogen) atoms. The lowest BCUT2D eigenvalue weighted by atomic mass is 10.0. The maximum atomic E-state index is 11.8. The smallest absolute Gasteiger partial charge is 0.389 e. The van der Waals surface area contributed by atoms with Gasteiger partial charge in [-0.15, -0.1) is 0 Å². The molecule has 0 aromatic carbocycles. The monoisotopic (exact) mass is 240 g/mol. The first-order chi connectivity index (χ1) is 7.33. The highest BCUT2D eigenvalue weighted by molar-refractivity contribution is 5.68. The van der Waals surface area contributed by atoms with Crippen LogP contribution in [0.25, 0.3) is 0 Å². The van der Waals surface area contributed by atoms with Crippen LogP contribution in [0.2, 0.25) is 0 Å². The number of hydrogen-bond donors (Lipinski definition) is 1. The number of halogens is 3. The number of rotatable bonds is 7. The summed E-state index contributed by atoms with van der Waals surface area (Å²) >= 11 is 0. The molecule has 0 aliphatic heterocycles. The van der Waals surface area contributed by atoms with Gasteiger partial charge in [0, 0.05) is 18.4 Å². The van der Waals surface area contributed by atoms with E-state index in [1.54, 1.807) is 0 Å². The Bertz CT molecular complexity index is 246. The minimum Gasteiger partial charge on any atom is -0.481 e. The maximum absolute atomic E-state index is 11.8. The van der Waals surface area contributed by atoms with E-state index in [0.717, 1.165) is 12.8 Å². The molecule has 1 N–H and O–H groups in total. The van der Waals surface area contributed by atoms with Crippen molar-refractivity contribution < 1.29 is 27.8 Å². The van der Waals surface area contributed by atoms with Gasteiger partial charge < -0.3 is 9.84 Å². The van der Waals surface area contributed by atoms with E-state index in [0.29, 0.717) is 0 Å². The molecule has 0 unspecified atom stereocenters. The Balaban J connectivity index is 2.05. The van der Waals surface area contributed by atoms with Crippen LogP contribution in [0, 0.1) is 5.41 Å². The zero-order chi connectivity index (χ0) is 12.2. The Hall–Kier alpha value is -0.780. The van der Waals surface area contributed by atoms with Crippen LogP contribution in [-0.2, 0) is 9.53 Å². The summed E-state index contributed by atoms with van der Waals surface area (Å²) in [6.45, 7) is 0.304. The Morgan fingerprint density at radius 1 is 1.38 bits per heavy atom. The number of ether oxygens (including phenoxy) is 1. The Kier molecular flexibility index (Phi) is 4.18. The summed E-state index contributed by atoms with van der Waals surface area (Å²) < 4.78 is 40.4. The maximum Gasteiger partial charge on any atom is 0.389 e. The molecule has 0 bridgehead atoms. The van der Waals surface area contributed by atoms with Gasteiger partial charge in [-0.3, -0.25) is 4.79 Å². The van der Waals surface area contributed by atoms with E-state index in [2.05, 4.69) is 0 Å². The molecule has 0 aromatic rings. The normalized spacial score (nSPS) is 18.4. The van der Waals surface area contributed by atoms with E-state index < -0.39 is 18.6 Å². The summed E-state index contributed by atoms with van der Waals surface area (Å²) in [5.74, 6) is -0.878. The van der Waals surface area contributed by atoms with Crippen molar-refractivity contribution in [2.45, 2.75) is 38.3 Å². The van der Waals surface area contributed by atoms with E-state index >= 15 is 0 Å². The second-order valence-electron chi connectivity index (χ2n) is 4.34. The number of carbonyl (C=O) groups is 1. The van der Waals surface area contributed by atoms with Gasteiger partial charge in [0.25, 0.3) is 0 Å². The van der Waals surface area contributed by atoms with E-state index in [1.165, 1.54) is 0 Å². The summed E-state index contributed by atoms with van der Waals surface area (Å²) in [4.78, 5) is 10.5. The van der Waals surface area contributed by atoms with Crippen LogP contribution in [0.3, 0.4) is 0 Å². The van der Waals surface area contributed by atoms with Crippen molar-refractivity contribution in [3.8, 4) is 0 Å². The van der Waals surface area contributed by atoms with Crippen molar-refractivity contribution in [3.63, 3.8) is 0 Å². The van der Waals surface area contributed by atoms with Crippen molar-refractivity contribution in [3.05, 3.63) is 0 Å². The lowest BCUT2D eigenvalue weighted by molar-refractivity contribution is -0.139. The fourth-order valence-electron chi connectivity index (χ4n) is 1.53. The molecule has 1 rings (SSSR count). The summed E-state index contributed by atoms with van der Waals surface area (Å²) in [5, 5.41) is 8.59. The van der Waals surface area contributed by atoms with E-state index in [-0.39, 0.29) is 31.5 Å². The fraction of sp³-hybridized carbons (Fsp3) is 0.900. The molecule has 1 aliphatic carbocycles. The minimum atomic E-state index is -4.14. The number of hydrogen-bond acceptors (Lipinski definition) is 2. The third-order valence-electron chi connectivity index (χ3n) is 2.64. The van der Waals surface area contributed by atoms with Crippen molar-refractivity contribution in [2.75, 3.05) is 13.2 Å². The van der Waals surface area contributed by atoms with E-state index in [4.69, 9.17) is 9.84 Å². The Morgan fingerprint density at radius 3 is 2.44 bits per heavy atom. The quantitative estimate of drug-likeness (QED) is 0.696. The molecule has 0 atom stereocenters. The number of alkyl halides is 3. The largest absolute Gasteiger partial charge is 0.481 e. The lowest BCUT2D eigenvalue weighted by Gasteiger charge is -2.13. The van der Waals surface area contributed by atoms with E-state index in [9.17, 15) is 18.0 Å². The molecule has 1 fully saturated rings. The summed E-state index contributed by atoms with van der Waals surface area (Å²) in [6.07, 6.45) is -3.42. The van der Waals surface area contributed by atoms with Crippen molar-refractivity contribution >= 4 is 5.97 Å². The van der Waals surface area contributed by atoms with Gasteiger partial charge in [0.2, 0.25) is 0 Å². The molecule has 0 heterocycles. The molecule has 94 valence electrons. The highest BCUT2D eigenvalue weighted by Gasteiger charge is 2.44. The molecular weight excluding hydrogens is 225 g/mol. The summed E-state index contributed by atoms with van der Waals surface area (Å²) in [5.41, 5.74) is -0.302. The predicted octanol–water partition coefficient (Wildman–Crippen LogP) is 2.60. The first-order valence-electron chi connectivity index (χ1n) is 5.19. The molecule has 0 radical (unpaired) electrons.